The zero-order valence-electron chi connectivity index (χ0n) is 15.1. The fourth-order valence-electron chi connectivity index (χ4n) is 4.08. The molecule has 29 heavy (non-hydrogen) atoms. The molecule has 5 atom stereocenters. The van der Waals surface area contributed by atoms with Gasteiger partial charge in [-0.05, 0) is 24.8 Å². The molecule has 0 unspecified atom stereocenters. The van der Waals surface area contributed by atoms with Crippen molar-refractivity contribution in [3.63, 3.8) is 0 Å². The summed E-state index contributed by atoms with van der Waals surface area (Å²) in [6.07, 6.45) is 1.12. The van der Waals surface area contributed by atoms with Gasteiger partial charge in [0.15, 0.2) is 5.69 Å². The second-order valence-corrected chi connectivity index (χ2v) is 9.37. The number of aromatic nitrogens is 1. The van der Waals surface area contributed by atoms with Crippen LogP contribution in [0.3, 0.4) is 0 Å². The number of carboxylic acid groups (broad SMARTS) is 1. The topological polar surface area (TPSA) is 88.9 Å². The van der Waals surface area contributed by atoms with Crippen molar-refractivity contribution in [1.82, 2.24) is 4.98 Å². The molecule has 0 bridgehead atoms. The van der Waals surface area contributed by atoms with Gasteiger partial charge in [-0.25, -0.2) is 9.78 Å². The Bertz CT molecular complexity index is 923. The first-order valence-electron chi connectivity index (χ1n) is 9.13. The molecule has 2 fully saturated rings. The number of carbonyl (C=O) groups is 1. The van der Waals surface area contributed by atoms with Gasteiger partial charge in [0.05, 0.1) is 33.9 Å². The van der Waals surface area contributed by atoms with Crippen LogP contribution in [0.25, 0.3) is 0 Å². The molecule has 6 nitrogen and oxygen atoms in total. The van der Waals surface area contributed by atoms with Crippen molar-refractivity contribution in [2.45, 2.75) is 37.6 Å². The molecule has 1 aromatic carbocycles. The van der Waals surface area contributed by atoms with Crippen LogP contribution in [-0.4, -0.2) is 40.0 Å². The molecular formula is C19H18Cl3NO5S. The van der Waals surface area contributed by atoms with Gasteiger partial charge in [0.2, 0.25) is 0 Å². The Balaban J connectivity index is 1.41. The smallest absolute Gasteiger partial charge is 0.355 e. The Kier molecular flexibility index (Phi) is 6.25. The lowest BCUT2D eigenvalue weighted by Crippen LogP contribution is -2.33. The van der Waals surface area contributed by atoms with Gasteiger partial charge >= 0.3 is 5.97 Å². The van der Waals surface area contributed by atoms with Crippen LogP contribution < -0.4 is 4.74 Å². The minimum absolute atomic E-state index is 0.0342. The lowest BCUT2D eigenvalue weighted by atomic mass is 9.87. The monoisotopic (exact) mass is 477 g/mol. The first kappa shape index (κ1) is 21.2. The number of hydrogen-bond donors (Lipinski definition) is 2. The Morgan fingerprint density at radius 3 is 2.72 bits per heavy atom. The van der Waals surface area contributed by atoms with E-state index in [0.29, 0.717) is 38.7 Å². The van der Waals surface area contributed by atoms with Crippen LogP contribution in [0.1, 0.15) is 40.9 Å². The second-order valence-electron chi connectivity index (χ2n) is 7.26. The van der Waals surface area contributed by atoms with E-state index < -0.39 is 12.1 Å². The summed E-state index contributed by atoms with van der Waals surface area (Å²) in [5.41, 5.74) is 0.0342. The number of benzene rings is 1. The van der Waals surface area contributed by atoms with Crippen LogP contribution in [-0.2, 0) is 4.74 Å². The predicted octanol–water partition coefficient (Wildman–Crippen LogP) is 5.10. The molecule has 1 aliphatic heterocycles. The van der Waals surface area contributed by atoms with E-state index in [2.05, 4.69) is 4.98 Å². The average Bonchev–Trinajstić information content (AvgIpc) is 3.28. The van der Waals surface area contributed by atoms with E-state index in [9.17, 15) is 9.90 Å². The number of thiazole rings is 1. The molecule has 1 saturated heterocycles. The number of halogens is 3. The molecule has 2 N–H and O–H groups in total. The van der Waals surface area contributed by atoms with E-state index in [-0.39, 0.29) is 36.3 Å². The van der Waals surface area contributed by atoms with Crippen molar-refractivity contribution >= 4 is 52.1 Å². The lowest BCUT2D eigenvalue weighted by Gasteiger charge is -2.33. The van der Waals surface area contributed by atoms with Crippen LogP contribution in [0.5, 0.6) is 5.75 Å². The standard InChI is InChI=1S/C19H18Cl3NO5S/c20-10-3-12(22)17(4-11(10)21)27-6-9-8-1-2-15(28-16(8)5-14(9)24)18-23-13(7-29-18)19(25)26/h3-4,7-9,14-16,24H,1-2,5-6H2,(H,25,26)/t8-,9-,14-,15-,16+/m1/s1. The number of aromatic carboxylic acids is 1. The quantitative estimate of drug-likeness (QED) is 0.581. The van der Waals surface area contributed by atoms with Crippen molar-refractivity contribution in [2.24, 2.45) is 11.8 Å². The molecule has 1 aliphatic carbocycles. The van der Waals surface area contributed by atoms with Crippen molar-refractivity contribution < 1.29 is 24.5 Å². The molecule has 0 amide bonds. The maximum atomic E-state index is 11.0. The highest BCUT2D eigenvalue weighted by Gasteiger charge is 2.47. The van der Waals surface area contributed by atoms with Crippen LogP contribution >= 0.6 is 46.1 Å². The Hall–Kier alpha value is -1.09. The Morgan fingerprint density at radius 1 is 1.24 bits per heavy atom. The average molecular weight is 479 g/mol. The predicted molar refractivity (Wildman–Crippen MR) is 110 cm³/mol. The first-order valence-corrected chi connectivity index (χ1v) is 11.1. The third-order valence-corrected chi connectivity index (χ3v) is 7.47. The zero-order valence-corrected chi connectivity index (χ0v) is 18.1. The van der Waals surface area contributed by atoms with Gasteiger partial charge in [-0.3, -0.25) is 0 Å². The highest BCUT2D eigenvalue weighted by molar-refractivity contribution is 7.09. The molecule has 10 heteroatoms. The number of fused-ring (bicyclic) bond motifs is 1. The molecule has 1 saturated carbocycles. The zero-order chi connectivity index (χ0) is 20.7. The normalized spacial score (nSPS) is 28.9. The summed E-state index contributed by atoms with van der Waals surface area (Å²) in [6.45, 7) is 0.286. The lowest BCUT2D eigenvalue weighted by molar-refractivity contribution is -0.0811. The number of aliphatic hydroxyl groups is 1. The Labute approximate surface area is 186 Å². The van der Waals surface area contributed by atoms with E-state index in [0.717, 1.165) is 6.42 Å². The summed E-state index contributed by atoms with van der Waals surface area (Å²) in [5, 5.41) is 22.9. The third-order valence-electron chi connectivity index (χ3n) is 5.52. The van der Waals surface area contributed by atoms with Gasteiger partial charge in [-0.2, -0.15) is 0 Å². The van der Waals surface area contributed by atoms with E-state index in [1.54, 1.807) is 6.07 Å². The summed E-state index contributed by atoms with van der Waals surface area (Å²) >= 11 is 19.4. The van der Waals surface area contributed by atoms with Gasteiger partial charge in [0.25, 0.3) is 0 Å². The van der Waals surface area contributed by atoms with Crippen LogP contribution in [0, 0.1) is 11.8 Å². The van der Waals surface area contributed by atoms with Gasteiger partial charge < -0.3 is 19.7 Å². The molecule has 2 aliphatic rings. The SMILES string of the molecule is O=C(O)c1csc([C@H]2CC[C@@H]3[C@@H](COc4cc(Cl)c(Cl)cc4Cl)[C@H](O)C[C@@H]3O2)n1. The summed E-state index contributed by atoms with van der Waals surface area (Å²) in [4.78, 5) is 15.2. The fraction of sp³-hybridized carbons (Fsp3) is 0.474. The molecule has 0 radical (unpaired) electrons. The molecular weight excluding hydrogens is 461 g/mol. The van der Waals surface area contributed by atoms with Gasteiger partial charge in [0.1, 0.15) is 16.9 Å². The largest absolute Gasteiger partial charge is 0.492 e. The number of ether oxygens (including phenoxy) is 2. The number of rotatable bonds is 5. The molecule has 156 valence electrons. The van der Waals surface area contributed by atoms with Crippen LogP contribution in [0.4, 0.5) is 0 Å². The van der Waals surface area contributed by atoms with E-state index >= 15 is 0 Å². The summed E-state index contributed by atoms with van der Waals surface area (Å²) < 4.78 is 12.0. The molecule has 2 aromatic rings. The molecule has 2 heterocycles. The number of nitrogens with zero attached hydrogens (tertiary/aromatic N) is 1. The van der Waals surface area contributed by atoms with E-state index in [1.165, 1.54) is 22.8 Å². The maximum Gasteiger partial charge on any atom is 0.355 e. The number of carboxylic acids is 1. The number of aliphatic hydroxyl groups excluding tert-OH is 1. The van der Waals surface area contributed by atoms with Crippen molar-refractivity contribution in [3.8, 4) is 5.75 Å². The minimum Gasteiger partial charge on any atom is -0.492 e. The van der Waals surface area contributed by atoms with Crippen molar-refractivity contribution in [3.05, 3.63) is 43.3 Å². The first-order chi connectivity index (χ1) is 13.8. The van der Waals surface area contributed by atoms with Crippen LogP contribution in [0.2, 0.25) is 15.1 Å². The maximum absolute atomic E-state index is 11.0. The van der Waals surface area contributed by atoms with Gasteiger partial charge in [-0.15, -0.1) is 11.3 Å². The fourth-order valence-corrected chi connectivity index (χ4v) is 5.53. The summed E-state index contributed by atoms with van der Waals surface area (Å²) in [5.74, 6) is -0.579. The second kappa shape index (κ2) is 8.57. The molecule has 1 aromatic heterocycles. The van der Waals surface area contributed by atoms with Gasteiger partial charge in [0, 0.05) is 23.8 Å². The van der Waals surface area contributed by atoms with Crippen LogP contribution in [0.15, 0.2) is 17.5 Å². The van der Waals surface area contributed by atoms with Crippen molar-refractivity contribution in [1.29, 1.82) is 0 Å². The van der Waals surface area contributed by atoms with E-state index in [4.69, 9.17) is 49.4 Å². The highest BCUT2D eigenvalue weighted by atomic mass is 35.5. The molecule has 0 spiro atoms. The summed E-state index contributed by atoms with van der Waals surface area (Å²) in [7, 11) is 0. The summed E-state index contributed by atoms with van der Waals surface area (Å²) in [6, 6.07) is 3.10. The minimum atomic E-state index is -1.05. The Morgan fingerprint density at radius 2 is 2.00 bits per heavy atom. The number of hydrogen-bond acceptors (Lipinski definition) is 6. The third kappa shape index (κ3) is 4.36. The molecule has 4 rings (SSSR count). The van der Waals surface area contributed by atoms with Crippen molar-refractivity contribution in [2.75, 3.05) is 6.61 Å². The highest BCUT2D eigenvalue weighted by Crippen LogP contribution is 2.46. The van der Waals surface area contributed by atoms with E-state index in [1.807, 2.05) is 0 Å². The van der Waals surface area contributed by atoms with Gasteiger partial charge in [-0.1, -0.05) is 34.8 Å².